The van der Waals surface area contributed by atoms with Crippen LogP contribution in [0.4, 0.5) is 0 Å². The summed E-state index contributed by atoms with van der Waals surface area (Å²) in [5.41, 5.74) is 1.21. The average molecular weight is 267 g/mol. The maximum Gasteiger partial charge on any atom is 0.0621 e. The number of likely N-dealkylation sites (N-methyl/N-ethyl adjacent to an activating group) is 1. The Morgan fingerprint density at radius 2 is 2.11 bits per heavy atom. The number of aromatic nitrogens is 1. The predicted octanol–water partition coefficient (Wildman–Crippen LogP) is 3.69. The van der Waals surface area contributed by atoms with Crippen LogP contribution in [0.5, 0.6) is 0 Å². The third-order valence-corrected chi connectivity index (χ3v) is 4.64. The quantitative estimate of drug-likeness (QED) is 0.899. The van der Waals surface area contributed by atoms with Gasteiger partial charge < -0.3 is 5.32 Å². The van der Waals surface area contributed by atoms with Crippen molar-refractivity contribution in [2.45, 2.75) is 45.1 Å². The smallest absolute Gasteiger partial charge is 0.0621 e. The van der Waals surface area contributed by atoms with Gasteiger partial charge in [-0.2, -0.15) is 0 Å². The number of pyridine rings is 1. The molecular formula is C15H23ClN2. The lowest BCUT2D eigenvalue weighted by Crippen LogP contribution is -2.37. The molecule has 0 aromatic carbocycles. The molecule has 3 heteroatoms. The predicted molar refractivity (Wildman–Crippen MR) is 76.9 cm³/mol. The summed E-state index contributed by atoms with van der Waals surface area (Å²) >= 11 is 6.20. The van der Waals surface area contributed by atoms with Crippen LogP contribution in [-0.4, -0.2) is 18.1 Å². The van der Waals surface area contributed by atoms with Gasteiger partial charge in [-0.25, -0.2) is 0 Å². The lowest BCUT2D eigenvalue weighted by Gasteiger charge is -2.32. The minimum atomic E-state index is 0.539. The highest BCUT2D eigenvalue weighted by Gasteiger charge is 2.25. The summed E-state index contributed by atoms with van der Waals surface area (Å²) in [6, 6.07) is 2.58. The Balaban J connectivity index is 1.99. The highest BCUT2D eigenvalue weighted by Crippen LogP contribution is 2.32. The molecule has 1 aliphatic carbocycles. The summed E-state index contributed by atoms with van der Waals surface area (Å²) in [5, 5.41) is 4.28. The second-order valence-corrected chi connectivity index (χ2v) is 5.99. The topological polar surface area (TPSA) is 24.9 Å². The van der Waals surface area contributed by atoms with E-state index in [9.17, 15) is 0 Å². The molecule has 100 valence electrons. The second-order valence-electron chi connectivity index (χ2n) is 5.59. The van der Waals surface area contributed by atoms with Crippen molar-refractivity contribution in [3.05, 3.63) is 29.0 Å². The monoisotopic (exact) mass is 266 g/mol. The van der Waals surface area contributed by atoms with Crippen molar-refractivity contribution in [3.8, 4) is 0 Å². The van der Waals surface area contributed by atoms with E-state index in [4.69, 9.17) is 11.6 Å². The first-order valence-corrected chi connectivity index (χ1v) is 7.34. The SMILES string of the molecule is CNC(Cc1ccncc1Cl)C1CCC(C)CC1. The molecule has 1 unspecified atom stereocenters. The molecule has 1 N–H and O–H groups in total. The number of hydrogen-bond acceptors (Lipinski definition) is 2. The highest BCUT2D eigenvalue weighted by molar-refractivity contribution is 6.31. The van der Waals surface area contributed by atoms with Crippen LogP contribution < -0.4 is 5.32 Å². The van der Waals surface area contributed by atoms with Gasteiger partial charge in [0.1, 0.15) is 0 Å². The molecule has 1 aromatic rings. The Morgan fingerprint density at radius 1 is 1.39 bits per heavy atom. The molecule has 1 fully saturated rings. The summed E-state index contributed by atoms with van der Waals surface area (Å²) in [4.78, 5) is 4.05. The molecule has 1 aromatic heterocycles. The van der Waals surface area contributed by atoms with Crippen molar-refractivity contribution < 1.29 is 0 Å². The molecule has 1 atom stereocenters. The third-order valence-electron chi connectivity index (χ3n) is 4.30. The molecule has 2 rings (SSSR count). The van der Waals surface area contributed by atoms with E-state index in [0.29, 0.717) is 6.04 Å². The Morgan fingerprint density at radius 3 is 2.72 bits per heavy atom. The average Bonchev–Trinajstić information content (AvgIpc) is 2.39. The van der Waals surface area contributed by atoms with E-state index in [0.717, 1.165) is 23.3 Å². The van der Waals surface area contributed by atoms with Gasteiger partial charge in [0.15, 0.2) is 0 Å². The van der Waals surface area contributed by atoms with Crippen molar-refractivity contribution in [1.82, 2.24) is 10.3 Å². The molecule has 1 aliphatic rings. The summed E-state index contributed by atoms with van der Waals surface area (Å²) in [7, 11) is 2.07. The number of rotatable bonds is 4. The molecule has 0 spiro atoms. The van der Waals surface area contributed by atoms with Gasteiger partial charge in [-0.05, 0) is 49.8 Å². The van der Waals surface area contributed by atoms with E-state index in [2.05, 4.69) is 24.3 Å². The van der Waals surface area contributed by atoms with Crippen LogP contribution >= 0.6 is 11.6 Å². The summed E-state index contributed by atoms with van der Waals surface area (Å²) in [5.74, 6) is 1.69. The fraction of sp³-hybridized carbons (Fsp3) is 0.667. The Kier molecular flexibility index (Phi) is 5.02. The van der Waals surface area contributed by atoms with E-state index in [1.165, 1.54) is 31.2 Å². The molecule has 1 heterocycles. The molecule has 0 aliphatic heterocycles. The van der Waals surface area contributed by atoms with Gasteiger partial charge in [-0.15, -0.1) is 0 Å². The molecule has 18 heavy (non-hydrogen) atoms. The lowest BCUT2D eigenvalue weighted by molar-refractivity contribution is 0.235. The highest BCUT2D eigenvalue weighted by atomic mass is 35.5. The van der Waals surface area contributed by atoms with Gasteiger partial charge in [0.2, 0.25) is 0 Å². The summed E-state index contributed by atoms with van der Waals surface area (Å²) < 4.78 is 0. The van der Waals surface area contributed by atoms with Gasteiger partial charge in [0.05, 0.1) is 5.02 Å². The Labute approximate surface area is 115 Å². The number of nitrogens with zero attached hydrogens (tertiary/aromatic N) is 1. The van der Waals surface area contributed by atoms with E-state index in [1.807, 2.05) is 12.3 Å². The van der Waals surface area contributed by atoms with Gasteiger partial charge in [-0.1, -0.05) is 31.4 Å². The second kappa shape index (κ2) is 6.53. The minimum Gasteiger partial charge on any atom is -0.316 e. The lowest BCUT2D eigenvalue weighted by atomic mass is 9.78. The number of halogens is 1. The molecule has 0 radical (unpaired) electrons. The first-order valence-electron chi connectivity index (χ1n) is 6.96. The Hall–Kier alpha value is -0.600. The van der Waals surface area contributed by atoms with E-state index in [-0.39, 0.29) is 0 Å². The van der Waals surface area contributed by atoms with Gasteiger partial charge >= 0.3 is 0 Å². The van der Waals surface area contributed by atoms with Crippen LogP contribution in [0.3, 0.4) is 0 Å². The fourth-order valence-electron chi connectivity index (χ4n) is 3.00. The van der Waals surface area contributed by atoms with E-state index >= 15 is 0 Å². The van der Waals surface area contributed by atoms with Crippen LogP contribution in [0.15, 0.2) is 18.5 Å². The van der Waals surface area contributed by atoms with Crippen LogP contribution in [0.25, 0.3) is 0 Å². The molecule has 0 amide bonds. The largest absolute Gasteiger partial charge is 0.316 e. The van der Waals surface area contributed by atoms with Crippen molar-refractivity contribution in [2.24, 2.45) is 11.8 Å². The van der Waals surface area contributed by atoms with Crippen molar-refractivity contribution in [1.29, 1.82) is 0 Å². The van der Waals surface area contributed by atoms with Crippen molar-refractivity contribution in [2.75, 3.05) is 7.05 Å². The van der Waals surface area contributed by atoms with E-state index < -0.39 is 0 Å². The standard InChI is InChI=1S/C15H23ClN2/c1-11-3-5-12(6-4-11)15(17-2)9-13-7-8-18-10-14(13)16/h7-8,10-12,15,17H,3-6,9H2,1-2H3. The minimum absolute atomic E-state index is 0.539. The fourth-order valence-corrected chi connectivity index (χ4v) is 3.20. The molecular weight excluding hydrogens is 244 g/mol. The van der Waals surface area contributed by atoms with Crippen molar-refractivity contribution >= 4 is 11.6 Å². The third kappa shape index (κ3) is 3.46. The first kappa shape index (κ1) is 13.8. The zero-order chi connectivity index (χ0) is 13.0. The molecule has 1 saturated carbocycles. The van der Waals surface area contributed by atoms with Crippen molar-refractivity contribution in [3.63, 3.8) is 0 Å². The molecule has 0 saturated heterocycles. The Bertz CT molecular complexity index is 373. The van der Waals surface area contributed by atoms with Crippen LogP contribution in [0.1, 0.15) is 38.2 Å². The van der Waals surface area contributed by atoms with Gasteiger partial charge in [0.25, 0.3) is 0 Å². The summed E-state index contributed by atoms with van der Waals surface area (Å²) in [6.07, 6.45) is 10.0. The van der Waals surface area contributed by atoms with Crippen LogP contribution in [0.2, 0.25) is 5.02 Å². The zero-order valence-corrected chi connectivity index (χ0v) is 12.1. The normalized spacial score (nSPS) is 25.9. The molecule has 2 nitrogen and oxygen atoms in total. The van der Waals surface area contributed by atoms with Crippen LogP contribution in [0, 0.1) is 11.8 Å². The number of hydrogen-bond donors (Lipinski definition) is 1. The molecule has 0 bridgehead atoms. The maximum absolute atomic E-state index is 6.20. The van der Waals surface area contributed by atoms with Gasteiger partial charge in [-0.3, -0.25) is 4.98 Å². The van der Waals surface area contributed by atoms with E-state index in [1.54, 1.807) is 6.20 Å². The zero-order valence-electron chi connectivity index (χ0n) is 11.3. The first-order chi connectivity index (χ1) is 8.70. The number of nitrogens with one attached hydrogen (secondary N) is 1. The summed E-state index contributed by atoms with van der Waals surface area (Å²) in [6.45, 7) is 2.37. The van der Waals surface area contributed by atoms with Crippen LogP contribution in [-0.2, 0) is 6.42 Å². The maximum atomic E-state index is 6.20. The van der Waals surface area contributed by atoms with Gasteiger partial charge in [0, 0.05) is 18.4 Å².